The lowest BCUT2D eigenvalue weighted by Gasteiger charge is -2.04. The highest BCUT2D eigenvalue weighted by Crippen LogP contribution is 2.26. The lowest BCUT2D eigenvalue weighted by Crippen LogP contribution is -1.95. The quantitative estimate of drug-likeness (QED) is 0.545. The van der Waals surface area contributed by atoms with Crippen LogP contribution < -0.4 is 5.73 Å². The smallest absolute Gasteiger partial charge is 0.255 e. The van der Waals surface area contributed by atoms with Crippen LogP contribution in [0.5, 0.6) is 0 Å². The van der Waals surface area contributed by atoms with Crippen LogP contribution in [0.3, 0.4) is 0 Å². The van der Waals surface area contributed by atoms with Gasteiger partial charge in [-0.25, -0.2) is 4.98 Å². The summed E-state index contributed by atoms with van der Waals surface area (Å²) in [5.41, 5.74) is 7.52. The minimum Gasteiger partial charge on any atom is -0.398 e. The molecule has 0 radical (unpaired) electrons. The third kappa shape index (κ3) is 1.74. The van der Waals surface area contributed by atoms with Crippen molar-refractivity contribution in [3.8, 4) is 11.4 Å². The molecule has 0 aliphatic heterocycles. The van der Waals surface area contributed by atoms with Crippen LogP contribution in [0, 0.1) is 3.57 Å². The number of anilines is 1. The van der Waals surface area contributed by atoms with Gasteiger partial charge in [0.2, 0.25) is 0 Å². The van der Waals surface area contributed by atoms with E-state index in [1.54, 1.807) is 6.20 Å². The van der Waals surface area contributed by atoms with Gasteiger partial charge in [0.15, 0.2) is 5.82 Å². The van der Waals surface area contributed by atoms with Crippen molar-refractivity contribution in [2.45, 2.75) is 0 Å². The Kier molecular flexibility index (Phi) is 2.43. The van der Waals surface area contributed by atoms with Crippen molar-refractivity contribution in [3.05, 3.63) is 40.2 Å². The second-order valence-electron chi connectivity index (χ2n) is 3.54. The van der Waals surface area contributed by atoms with E-state index in [0.717, 1.165) is 9.13 Å². The van der Waals surface area contributed by atoms with Gasteiger partial charge in [-0.1, -0.05) is 0 Å². The SMILES string of the molecule is Nc1ccc(I)cc1-c1nnc2ncccn12. The highest BCUT2D eigenvalue weighted by atomic mass is 127. The summed E-state index contributed by atoms with van der Waals surface area (Å²) in [6, 6.07) is 7.65. The second-order valence-corrected chi connectivity index (χ2v) is 4.79. The van der Waals surface area contributed by atoms with E-state index < -0.39 is 0 Å². The van der Waals surface area contributed by atoms with Crippen LogP contribution in [0.1, 0.15) is 0 Å². The molecule has 0 fully saturated rings. The first-order valence-electron chi connectivity index (χ1n) is 4.97. The predicted octanol–water partition coefficient (Wildman–Crippen LogP) is 1.98. The fourth-order valence-corrected chi connectivity index (χ4v) is 2.14. The maximum atomic E-state index is 5.97. The molecule has 1 aromatic carbocycles. The van der Waals surface area contributed by atoms with Gasteiger partial charge in [-0.2, -0.15) is 0 Å². The summed E-state index contributed by atoms with van der Waals surface area (Å²) in [6.45, 7) is 0. The first kappa shape index (κ1) is 10.5. The Bertz CT molecular complexity index is 691. The average Bonchev–Trinajstić information content (AvgIpc) is 2.76. The molecular formula is C11H8IN5. The fraction of sp³-hybridized carbons (Fsp3) is 0. The van der Waals surface area contributed by atoms with Crippen LogP contribution in [0.2, 0.25) is 0 Å². The molecule has 2 heterocycles. The van der Waals surface area contributed by atoms with Crippen molar-refractivity contribution in [3.63, 3.8) is 0 Å². The zero-order chi connectivity index (χ0) is 11.8. The third-order valence-electron chi connectivity index (χ3n) is 2.45. The van der Waals surface area contributed by atoms with E-state index in [-0.39, 0.29) is 0 Å². The molecule has 0 atom stereocenters. The minimum atomic E-state index is 0.570. The molecule has 17 heavy (non-hydrogen) atoms. The summed E-state index contributed by atoms with van der Waals surface area (Å²) in [6.07, 6.45) is 3.56. The van der Waals surface area contributed by atoms with E-state index in [4.69, 9.17) is 5.73 Å². The Balaban J connectivity index is 2.31. The van der Waals surface area contributed by atoms with Crippen LogP contribution in [-0.4, -0.2) is 19.6 Å². The first-order chi connectivity index (χ1) is 8.25. The molecule has 84 valence electrons. The largest absolute Gasteiger partial charge is 0.398 e. The second kappa shape index (κ2) is 3.95. The van der Waals surface area contributed by atoms with Crippen molar-refractivity contribution < 1.29 is 0 Å². The van der Waals surface area contributed by atoms with Crippen LogP contribution in [0.15, 0.2) is 36.7 Å². The Hall–Kier alpha value is -1.70. The highest BCUT2D eigenvalue weighted by molar-refractivity contribution is 14.1. The van der Waals surface area contributed by atoms with Crippen molar-refractivity contribution in [1.29, 1.82) is 0 Å². The summed E-state index contributed by atoms with van der Waals surface area (Å²) >= 11 is 2.24. The Morgan fingerprint density at radius 3 is 3.00 bits per heavy atom. The first-order valence-corrected chi connectivity index (χ1v) is 6.05. The lowest BCUT2D eigenvalue weighted by molar-refractivity contribution is 1.10. The van der Waals surface area contributed by atoms with E-state index in [1.165, 1.54) is 0 Å². The number of fused-ring (bicyclic) bond motifs is 1. The van der Waals surface area contributed by atoms with Gasteiger partial charge in [-0.15, -0.1) is 10.2 Å². The normalized spacial score (nSPS) is 10.9. The molecule has 2 aromatic heterocycles. The van der Waals surface area contributed by atoms with E-state index in [1.807, 2.05) is 34.9 Å². The number of halogens is 1. The third-order valence-corrected chi connectivity index (χ3v) is 3.12. The van der Waals surface area contributed by atoms with Gasteiger partial charge in [0, 0.05) is 27.2 Å². The van der Waals surface area contributed by atoms with Crippen LogP contribution in [0.25, 0.3) is 17.2 Å². The average molecular weight is 337 g/mol. The maximum Gasteiger partial charge on any atom is 0.255 e. The highest BCUT2D eigenvalue weighted by Gasteiger charge is 2.11. The molecule has 0 unspecified atom stereocenters. The van der Waals surface area contributed by atoms with Crippen molar-refractivity contribution >= 4 is 34.1 Å². The molecule has 0 saturated carbocycles. The van der Waals surface area contributed by atoms with Gasteiger partial charge >= 0.3 is 0 Å². The van der Waals surface area contributed by atoms with E-state index >= 15 is 0 Å². The molecule has 0 spiro atoms. The molecule has 6 heteroatoms. The molecule has 0 saturated heterocycles. The number of benzene rings is 1. The van der Waals surface area contributed by atoms with Gasteiger partial charge in [0.05, 0.1) is 0 Å². The molecule has 3 aromatic rings. The van der Waals surface area contributed by atoms with Gasteiger partial charge in [-0.05, 0) is 46.9 Å². The monoisotopic (exact) mass is 337 g/mol. The fourth-order valence-electron chi connectivity index (χ4n) is 1.65. The molecular weight excluding hydrogens is 329 g/mol. The Morgan fingerprint density at radius 1 is 1.24 bits per heavy atom. The summed E-state index contributed by atoms with van der Waals surface area (Å²) in [5.74, 6) is 1.28. The lowest BCUT2D eigenvalue weighted by atomic mass is 10.2. The Labute approximate surface area is 111 Å². The van der Waals surface area contributed by atoms with Gasteiger partial charge in [0.1, 0.15) is 0 Å². The molecule has 0 amide bonds. The zero-order valence-corrected chi connectivity index (χ0v) is 10.9. The standard InChI is InChI=1S/C11H8IN5/c12-7-2-3-9(13)8(6-7)10-15-16-11-14-4-1-5-17(10)11/h1-6H,13H2. The molecule has 3 rings (SSSR count). The summed E-state index contributed by atoms with van der Waals surface area (Å²) in [4.78, 5) is 4.13. The molecule has 0 aliphatic carbocycles. The molecule has 2 N–H and O–H groups in total. The predicted molar refractivity (Wildman–Crippen MR) is 73.3 cm³/mol. The van der Waals surface area contributed by atoms with Crippen LogP contribution in [0.4, 0.5) is 5.69 Å². The zero-order valence-electron chi connectivity index (χ0n) is 8.71. The van der Waals surface area contributed by atoms with Crippen LogP contribution in [-0.2, 0) is 0 Å². The van der Waals surface area contributed by atoms with Gasteiger partial charge in [0.25, 0.3) is 5.78 Å². The molecule has 0 aliphatic rings. The molecule has 5 nitrogen and oxygen atoms in total. The number of nitrogens with two attached hydrogens (primary N) is 1. The summed E-state index contributed by atoms with van der Waals surface area (Å²) < 4.78 is 2.93. The van der Waals surface area contributed by atoms with Gasteiger partial charge in [-0.3, -0.25) is 4.40 Å². The van der Waals surface area contributed by atoms with E-state index in [9.17, 15) is 0 Å². The van der Waals surface area contributed by atoms with E-state index in [0.29, 0.717) is 17.3 Å². The summed E-state index contributed by atoms with van der Waals surface area (Å²) in [7, 11) is 0. The topological polar surface area (TPSA) is 69.1 Å². The van der Waals surface area contributed by atoms with Gasteiger partial charge < -0.3 is 5.73 Å². The van der Waals surface area contributed by atoms with Crippen molar-refractivity contribution in [2.24, 2.45) is 0 Å². The summed E-state index contributed by atoms with van der Waals surface area (Å²) in [5, 5.41) is 8.14. The van der Waals surface area contributed by atoms with E-state index in [2.05, 4.69) is 37.8 Å². The molecule has 0 bridgehead atoms. The Morgan fingerprint density at radius 2 is 2.12 bits per heavy atom. The number of hydrogen-bond donors (Lipinski definition) is 1. The maximum absolute atomic E-state index is 5.97. The van der Waals surface area contributed by atoms with Crippen LogP contribution >= 0.6 is 22.6 Å². The number of nitrogens with zero attached hydrogens (tertiary/aromatic N) is 4. The number of rotatable bonds is 1. The van der Waals surface area contributed by atoms with Crippen molar-refractivity contribution in [2.75, 3.05) is 5.73 Å². The number of nitrogen functional groups attached to an aromatic ring is 1. The number of aromatic nitrogens is 4. The van der Waals surface area contributed by atoms with Crippen molar-refractivity contribution in [1.82, 2.24) is 19.6 Å². The number of hydrogen-bond acceptors (Lipinski definition) is 4. The minimum absolute atomic E-state index is 0.570.